The molecule has 1 aliphatic heterocycles. The highest BCUT2D eigenvalue weighted by molar-refractivity contribution is 5.82. The van der Waals surface area contributed by atoms with E-state index in [2.05, 4.69) is 0 Å². The highest BCUT2D eigenvalue weighted by Crippen LogP contribution is 2.26. The van der Waals surface area contributed by atoms with E-state index in [1.165, 1.54) is 19.2 Å². The molecular weight excluding hydrogens is 278 g/mol. The van der Waals surface area contributed by atoms with Crippen molar-refractivity contribution in [2.75, 3.05) is 27.2 Å². The molecule has 1 aromatic rings. The summed E-state index contributed by atoms with van der Waals surface area (Å²) in [5.74, 6) is -1.75. The first kappa shape index (κ1) is 15.7. The molecule has 0 spiro atoms. The van der Waals surface area contributed by atoms with Crippen LogP contribution in [0.1, 0.15) is 18.9 Å². The fraction of sp³-hybridized carbons (Fsp3) is 0.533. The maximum absolute atomic E-state index is 14.2. The van der Waals surface area contributed by atoms with Crippen LogP contribution in [0.2, 0.25) is 0 Å². The third kappa shape index (κ3) is 3.00. The Labute approximate surface area is 123 Å². The summed E-state index contributed by atoms with van der Waals surface area (Å²) in [6.07, 6.45) is 0.656. The Kier molecular flexibility index (Phi) is 4.77. The lowest BCUT2D eigenvalue weighted by molar-refractivity contribution is -0.140. The summed E-state index contributed by atoms with van der Waals surface area (Å²) >= 11 is 0. The van der Waals surface area contributed by atoms with Gasteiger partial charge in [-0.15, -0.1) is 0 Å². The number of hydrogen-bond acceptors (Lipinski definition) is 3. The van der Waals surface area contributed by atoms with Crippen LogP contribution in [-0.2, 0) is 11.3 Å². The van der Waals surface area contributed by atoms with Crippen LogP contribution in [0.25, 0.3) is 0 Å². The summed E-state index contributed by atoms with van der Waals surface area (Å²) in [5.41, 5.74) is 0.337. The largest absolute Gasteiger partial charge is 0.491 e. The molecule has 2 rings (SSSR count). The second kappa shape index (κ2) is 6.39. The van der Waals surface area contributed by atoms with Gasteiger partial charge in [0.25, 0.3) is 0 Å². The van der Waals surface area contributed by atoms with Crippen molar-refractivity contribution in [2.45, 2.75) is 25.9 Å². The van der Waals surface area contributed by atoms with E-state index in [1.54, 1.807) is 11.9 Å². The van der Waals surface area contributed by atoms with Gasteiger partial charge in [0.1, 0.15) is 0 Å². The normalized spacial score (nSPS) is 20.0. The monoisotopic (exact) mass is 298 g/mol. The van der Waals surface area contributed by atoms with Gasteiger partial charge in [0.15, 0.2) is 17.4 Å². The Morgan fingerprint density at radius 2 is 2.05 bits per heavy atom. The average molecular weight is 298 g/mol. The van der Waals surface area contributed by atoms with Crippen LogP contribution >= 0.6 is 0 Å². The Morgan fingerprint density at radius 1 is 1.33 bits per heavy atom. The smallest absolute Gasteiger partial charge is 0.239 e. The molecule has 4 nitrogen and oxygen atoms in total. The summed E-state index contributed by atoms with van der Waals surface area (Å²) in [7, 11) is 3.00. The summed E-state index contributed by atoms with van der Waals surface area (Å²) in [6.45, 7) is 3.46. The molecule has 1 atom stereocenters. The van der Waals surface area contributed by atoms with Gasteiger partial charge in [-0.25, -0.2) is 8.78 Å². The van der Waals surface area contributed by atoms with E-state index < -0.39 is 11.6 Å². The molecule has 1 saturated heterocycles. The number of benzene rings is 1. The van der Waals surface area contributed by atoms with Gasteiger partial charge in [-0.1, -0.05) is 13.0 Å². The third-order valence-corrected chi connectivity index (χ3v) is 3.92. The lowest BCUT2D eigenvalue weighted by atomic mass is 10.1. The maximum Gasteiger partial charge on any atom is 0.239 e. The molecule has 1 aromatic carbocycles. The SMILES string of the molecule is CCC1C(=O)N(C)CCN1Cc1ccc(F)c(OC)c1F. The number of carbonyl (C=O) groups is 1. The minimum Gasteiger partial charge on any atom is -0.491 e. The van der Waals surface area contributed by atoms with Gasteiger partial charge in [-0.3, -0.25) is 9.69 Å². The zero-order chi connectivity index (χ0) is 15.6. The van der Waals surface area contributed by atoms with Crippen molar-refractivity contribution in [1.82, 2.24) is 9.80 Å². The van der Waals surface area contributed by atoms with Gasteiger partial charge in [0.05, 0.1) is 13.2 Å². The average Bonchev–Trinajstić information content (AvgIpc) is 2.46. The second-order valence-corrected chi connectivity index (χ2v) is 5.21. The number of amides is 1. The number of ether oxygens (including phenoxy) is 1. The van der Waals surface area contributed by atoms with Crippen LogP contribution in [0.3, 0.4) is 0 Å². The van der Waals surface area contributed by atoms with Crippen molar-refractivity contribution < 1.29 is 18.3 Å². The van der Waals surface area contributed by atoms with Gasteiger partial charge >= 0.3 is 0 Å². The maximum atomic E-state index is 14.2. The number of carbonyl (C=O) groups excluding carboxylic acids is 1. The molecule has 1 aliphatic rings. The molecule has 6 heteroatoms. The van der Waals surface area contributed by atoms with Crippen molar-refractivity contribution in [1.29, 1.82) is 0 Å². The molecule has 1 unspecified atom stereocenters. The molecule has 0 radical (unpaired) electrons. The molecule has 1 heterocycles. The summed E-state index contributed by atoms with van der Waals surface area (Å²) in [5, 5.41) is 0. The van der Waals surface area contributed by atoms with Gasteiger partial charge in [0.2, 0.25) is 5.91 Å². The van der Waals surface area contributed by atoms with E-state index in [0.717, 1.165) is 0 Å². The molecule has 0 aliphatic carbocycles. The van der Waals surface area contributed by atoms with E-state index in [1.807, 2.05) is 11.8 Å². The predicted octanol–water partition coefficient (Wildman–Crippen LogP) is 2.03. The van der Waals surface area contributed by atoms with Crippen molar-refractivity contribution >= 4 is 5.91 Å². The Balaban J connectivity index is 2.23. The highest BCUT2D eigenvalue weighted by atomic mass is 19.1. The van der Waals surface area contributed by atoms with Crippen LogP contribution in [0, 0.1) is 11.6 Å². The standard InChI is InChI=1S/C15H20F2N2O2/c1-4-12-15(20)18(2)7-8-19(12)9-10-5-6-11(16)14(21-3)13(10)17/h5-6,12H,4,7-9H2,1-3H3. The quantitative estimate of drug-likeness (QED) is 0.852. The summed E-state index contributed by atoms with van der Waals surface area (Å²) in [6, 6.07) is 2.33. The van der Waals surface area contributed by atoms with Gasteiger partial charge < -0.3 is 9.64 Å². The van der Waals surface area contributed by atoms with Crippen LogP contribution < -0.4 is 4.74 Å². The predicted molar refractivity (Wildman–Crippen MR) is 75.0 cm³/mol. The number of rotatable bonds is 4. The van der Waals surface area contributed by atoms with E-state index in [4.69, 9.17) is 4.74 Å². The van der Waals surface area contributed by atoms with Crippen LogP contribution in [0.4, 0.5) is 8.78 Å². The number of halogens is 2. The van der Waals surface area contributed by atoms with Crippen molar-refractivity contribution in [2.24, 2.45) is 0 Å². The van der Waals surface area contributed by atoms with E-state index in [-0.39, 0.29) is 24.2 Å². The molecule has 116 valence electrons. The molecule has 0 bridgehead atoms. The number of hydrogen-bond donors (Lipinski definition) is 0. The van der Waals surface area contributed by atoms with Gasteiger partial charge in [0, 0.05) is 32.2 Å². The van der Waals surface area contributed by atoms with Crippen LogP contribution in [0.5, 0.6) is 5.75 Å². The molecule has 1 amide bonds. The molecular formula is C15H20F2N2O2. The van der Waals surface area contributed by atoms with E-state index in [0.29, 0.717) is 25.1 Å². The van der Waals surface area contributed by atoms with Crippen molar-refractivity contribution in [3.63, 3.8) is 0 Å². The van der Waals surface area contributed by atoms with Crippen LogP contribution in [-0.4, -0.2) is 49.0 Å². The van der Waals surface area contributed by atoms with Gasteiger partial charge in [-0.2, -0.15) is 0 Å². The van der Waals surface area contributed by atoms with Crippen molar-refractivity contribution in [3.05, 3.63) is 29.3 Å². The molecule has 0 aromatic heterocycles. The number of likely N-dealkylation sites (N-methyl/N-ethyl adjacent to an activating group) is 1. The zero-order valence-electron chi connectivity index (χ0n) is 12.5. The molecule has 0 saturated carbocycles. The third-order valence-electron chi connectivity index (χ3n) is 3.92. The molecule has 1 fully saturated rings. The highest BCUT2D eigenvalue weighted by Gasteiger charge is 2.32. The van der Waals surface area contributed by atoms with E-state index >= 15 is 0 Å². The fourth-order valence-electron chi connectivity index (χ4n) is 2.68. The Bertz CT molecular complexity index is 537. The Morgan fingerprint density at radius 3 is 2.67 bits per heavy atom. The summed E-state index contributed by atoms with van der Waals surface area (Å²) in [4.78, 5) is 15.7. The minimum absolute atomic E-state index is 0.0400. The second-order valence-electron chi connectivity index (χ2n) is 5.21. The molecule has 21 heavy (non-hydrogen) atoms. The number of piperazine rings is 1. The summed E-state index contributed by atoms with van der Waals surface area (Å²) < 4.78 is 32.4. The molecule has 0 N–H and O–H groups in total. The first-order valence-electron chi connectivity index (χ1n) is 6.99. The first-order chi connectivity index (χ1) is 9.99. The minimum atomic E-state index is -0.722. The number of methoxy groups -OCH3 is 1. The fourth-order valence-corrected chi connectivity index (χ4v) is 2.68. The number of nitrogens with zero attached hydrogens (tertiary/aromatic N) is 2. The lowest BCUT2D eigenvalue weighted by Gasteiger charge is -2.38. The van der Waals surface area contributed by atoms with E-state index in [9.17, 15) is 13.6 Å². The van der Waals surface area contributed by atoms with Crippen LogP contribution in [0.15, 0.2) is 12.1 Å². The Hall–Kier alpha value is -1.69. The van der Waals surface area contributed by atoms with Gasteiger partial charge in [-0.05, 0) is 12.5 Å². The zero-order valence-corrected chi connectivity index (χ0v) is 12.5. The first-order valence-corrected chi connectivity index (χ1v) is 6.99. The van der Waals surface area contributed by atoms with Crippen molar-refractivity contribution in [3.8, 4) is 5.75 Å². The topological polar surface area (TPSA) is 32.8 Å². The lowest BCUT2D eigenvalue weighted by Crippen LogP contribution is -2.55.